The average molecular weight is 435 g/mol. The van der Waals surface area contributed by atoms with Crippen molar-refractivity contribution in [3.8, 4) is 0 Å². The van der Waals surface area contributed by atoms with Gasteiger partial charge in [-0.2, -0.15) is 0 Å². The molecule has 3 rings (SSSR count). The summed E-state index contributed by atoms with van der Waals surface area (Å²) in [7, 11) is 0. The zero-order valence-corrected chi connectivity index (χ0v) is 19.2. The van der Waals surface area contributed by atoms with Gasteiger partial charge in [-0.1, -0.05) is 63.3 Å². The second-order valence-electron chi connectivity index (χ2n) is 9.75. The van der Waals surface area contributed by atoms with Crippen LogP contribution in [0.4, 0.5) is 0 Å². The lowest BCUT2D eigenvalue weighted by Crippen LogP contribution is -2.36. The lowest BCUT2D eigenvalue weighted by Gasteiger charge is -2.46. The fourth-order valence-corrected chi connectivity index (χ4v) is 6.35. The molecule has 4 unspecified atom stereocenters. The van der Waals surface area contributed by atoms with Gasteiger partial charge < -0.3 is 10.2 Å². The molecule has 0 saturated heterocycles. The number of hydrogen-bond acceptors (Lipinski definition) is 2. The van der Waals surface area contributed by atoms with E-state index in [0.29, 0.717) is 11.8 Å². The Kier molecular flexibility index (Phi) is 8.65. The molecule has 1 aromatic rings. The van der Waals surface area contributed by atoms with Gasteiger partial charge in [-0.25, -0.2) is 0 Å². The Bertz CT molecular complexity index is 685. The van der Waals surface area contributed by atoms with Gasteiger partial charge in [0.15, 0.2) is 0 Å². The summed E-state index contributed by atoms with van der Waals surface area (Å²) in [5.74, 6) is 0.255. The summed E-state index contributed by atoms with van der Waals surface area (Å²) < 4.78 is 0. The molecule has 30 heavy (non-hydrogen) atoms. The summed E-state index contributed by atoms with van der Waals surface area (Å²) in [5, 5.41) is 20.2. The minimum atomic E-state index is -0.698. The zero-order chi connectivity index (χ0) is 21.6. The smallest absolute Gasteiger partial charge is 0.303 e. The number of aliphatic carboxylic acids is 1. The van der Waals surface area contributed by atoms with Crippen LogP contribution in [0.1, 0.15) is 114 Å². The number of aliphatic hydroxyl groups excluding tert-OH is 1. The molecule has 0 amide bonds. The van der Waals surface area contributed by atoms with E-state index in [-0.39, 0.29) is 23.3 Å². The van der Waals surface area contributed by atoms with Gasteiger partial charge in [0, 0.05) is 17.2 Å². The molecule has 2 N–H and O–H groups in total. The summed E-state index contributed by atoms with van der Waals surface area (Å²) >= 11 is 6.73. The number of carbonyl (C=O) groups is 1. The van der Waals surface area contributed by atoms with Crippen molar-refractivity contribution in [2.45, 2.75) is 108 Å². The Hall–Kier alpha value is -1.06. The monoisotopic (exact) mass is 434 g/mol. The van der Waals surface area contributed by atoms with Gasteiger partial charge in [-0.15, -0.1) is 11.6 Å². The highest BCUT2D eigenvalue weighted by Gasteiger charge is 2.43. The van der Waals surface area contributed by atoms with E-state index in [1.807, 2.05) is 0 Å². The quantitative estimate of drug-likeness (QED) is 0.269. The highest BCUT2D eigenvalue weighted by molar-refractivity contribution is 6.21. The number of halogens is 1. The molecule has 4 heteroatoms. The molecular formula is C26H39ClO3. The molecule has 2 fully saturated rings. The van der Waals surface area contributed by atoms with E-state index < -0.39 is 5.97 Å². The maximum Gasteiger partial charge on any atom is 0.303 e. The zero-order valence-electron chi connectivity index (χ0n) is 18.5. The molecule has 0 bridgehead atoms. The fourth-order valence-electron chi connectivity index (χ4n) is 5.93. The van der Waals surface area contributed by atoms with E-state index in [4.69, 9.17) is 16.7 Å². The number of carboxylic acid groups (broad SMARTS) is 1. The largest absolute Gasteiger partial charge is 0.481 e. The normalized spacial score (nSPS) is 26.3. The molecule has 0 aliphatic heterocycles. The van der Waals surface area contributed by atoms with Crippen LogP contribution < -0.4 is 0 Å². The third kappa shape index (κ3) is 5.59. The lowest BCUT2D eigenvalue weighted by molar-refractivity contribution is -0.137. The molecule has 0 aromatic heterocycles. The SMILES string of the molecule is CCCC1(C(O)c2cccc(C3CCC(Cl)C3CCCCCCC(=O)O)c2)CCC1. The summed E-state index contributed by atoms with van der Waals surface area (Å²) in [4.78, 5) is 10.6. The third-order valence-electron chi connectivity index (χ3n) is 7.74. The van der Waals surface area contributed by atoms with Crippen molar-refractivity contribution >= 4 is 17.6 Å². The molecule has 2 aliphatic carbocycles. The van der Waals surface area contributed by atoms with Crippen molar-refractivity contribution in [3.63, 3.8) is 0 Å². The van der Waals surface area contributed by atoms with Crippen LogP contribution >= 0.6 is 11.6 Å². The molecule has 168 valence electrons. The first-order valence-corrected chi connectivity index (χ1v) is 12.5. The Morgan fingerprint density at radius 3 is 2.63 bits per heavy atom. The van der Waals surface area contributed by atoms with Crippen molar-refractivity contribution in [2.75, 3.05) is 0 Å². The molecule has 4 atom stereocenters. The standard InChI is InChI=1S/C26H39ClO3/c1-2-15-26(16-8-17-26)25(30)20-10-7-9-19(18-20)21-13-14-23(27)22(21)11-5-3-4-6-12-24(28)29/h7,9-10,18,21-23,25,30H,2-6,8,11-17H2,1H3,(H,28,29). The summed E-state index contributed by atoms with van der Waals surface area (Å²) in [5.41, 5.74) is 2.52. The third-order valence-corrected chi connectivity index (χ3v) is 8.29. The summed E-state index contributed by atoms with van der Waals surface area (Å²) in [6.45, 7) is 2.22. The van der Waals surface area contributed by atoms with Gasteiger partial charge in [0.2, 0.25) is 0 Å². The Balaban J connectivity index is 1.61. The van der Waals surface area contributed by atoms with Crippen LogP contribution in [-0.4, -0.2) is 21.6 Å². The van der Waals surface area contributed by atoms with Crippen LogP contribution in [-0.2, 0) is 4.79 Å². The van der Waals surface area contributed by atoms with Crippen LogP contribution in [0.25, 0.3) is 0 Å². The molecule has 2 aliphatic rings. The van der Waals surface area contributed by atoms with Gasteiger partial charge in [0.1, 0.15) is 0 Å². The van der Waals surface area contributed by atoms with Crippen LogP contribution in [0.15, 0.2) is 24.3 Å². The fraction of sp³-hybridized carbons (Fsp3) is 0.731. The average Bonchev–Trinajstić information content (AvgIpc) is 3.07. The summed E-state index contributed by atoms with van der Waals surface area (Å²) in [6.07, 6.45) is 12.9. The number of carboxylic acids is 1. The maximum absolute atomic E-state index is 11.2. The Morgan fingerprint density at radius 2 is 1.97 bits per heavy atom. The van der Waals surface area contributed by atoms with Crippen LogP contribution in [0.2, 0.25) is 0 Å². The van der Waals surface area contributed by atoms with Gasteiger partial charge >= 0.3 is 5.97 Å². The Labute approximate surface area is 187 Å². The second kappa shape index (κ2) is 11.0. The predicted molar refractivity (Wildman–Crippen MR) is 123 cm³/mol. The number of alkyl halides is 1. The van der Waals surface area contributed by atoms with E-state index in [0.717, 1.165) is 76.2 Å². The van der Waals surface area contributed by atoms with Gasteiger partial charge in [-0.05, 0) is 67.9 Å². The first kappa shape index (κ1) is 23.6. The van der Waals surface area contributed by atoms with Crippen molar-refractivity contribution in [1.82, 2.24) is 0 Å². The number of hydrogen-bond donors (Lipinski definition) is 2. The Morgan fingerprint density at radius 1 is 1.20 bits per heavy atom. The number of benzene rings is 1. The number of unbranched alkanes of at least 4 members (excludes halogenated alkanes) is 3. The van der Waals surface area contributed by atoms with Crippen LogP contribution in [0, 0.1) is 11.3 Å². The number of rotatable bonds is 12. The van der Waals surface area contributed by atoms with E-state index in [1.165, 1.54) is 12.0 Å². The van der Waals surface area contributed by atoms with Crippen LogP contribution in [0.5, 0.6) is 0 Å². The summed E-state index contributed by atoms with van der Waals surface area (Å²) in [6, 6.07) is 8.72. The highest BCUT2D eigenvalue weighted by Crippen LogP contribution is 2.54. The van der Waals surface area contributed by atoms with Crippen molar-refractivity contribution in [1.29, 1.82) is 0 Å². The molecule has 0 spiro atoms. The molecule has 3 nitrogen and oxygen atoms in total. The van der Waals surface area contributed by atoms with Crippen molar-refractivity contribution in [2.24, 2.45) is 11.3 Å². The van der Waals surface area contributed by atoms with Gasteiger partial charge in [0.05, 0.1) is 6.10 Å². The maximum atomic E-state index is 11.2. The van der Waals surface area contributed by atoms with E-state index in [2.05, 4.69) is 31.2 Å². The highest BCUT2D eigenvalue weighted by atomic mass is 35.5. The van der Waals surface area contributed by atoms with Crippen molar-refractivity contribution in [3.05, 3.63) is 35.4 Å². The number of aliphatic hydroxyl groups is 1. The predicted octanol–water partition coefficient (Wildman–Crippen LogP) is 7.22. The minimum Gasteiger partial charge on any atom is -0.481 e. The molecule has 0 radical (unpaired) electrons. The molecule has 2 saturated carbocycles. The second-order valence-corrected chi connectivity index (χ2v) is 10.3. The van der Waals surface area contributed by atoms with E-state index >= 15 is 0 Å². The topological polar surface area (TPSA) is 57.5 Å². The van der Waals surface area contributed by atoms with Gasteiger partial charge in [0.25, 0.3) is 0 Å². The molecule has 0 heterocycles. The first-order valence-electron chi connectivity index (χ1n) is 12.1. The minimum absolute atomic E-state index is 0.0907. The lowest BCUT2D eigenvalue weighted by atomic mass is 9.61. The van der Waals surface area contributed by atoms with Gasteiger partial charge in [-0.3, -0.25) is 4.79 Å². The molecule has 1 aromatic carbocycles. The first-order chi connectivity index (χ1) is 14.5. The van der Waals surface area contributed by atoms with E-state index in [1.54, 1.807) is 0 Å². The van der Waals surface area contributed by atoms with Crippen molar-refractivity contribution < 1.29 is 15.0 Å². The van der Waals surface area contributed by atoms with Crippen LogP contribution in [0.3, 0.4) is 0 Å². The molecular weight excluding hydrogens is 396 g/mol. The van der Waals surface area contributed by atoms with E-state index in [9.17, 15) is 9.90 Å².